The average Bonchev–Trinajstić information content (AvgIpc) is 3.01. The highest BCUT2D eigenvalue weighted by Gasteiger charge is 2.35. The molecule has 4 rings (SSSR count). The number of anilines is 1. The number of benzene rings is 3. The van der Waals surface area contributed by atoms with Crippen LogP contribution in [0, 0.1) is 6.92 Å². The zero-order valence-electron chi connectivity index (χ0n) is 25.0. The van der Waals surface area contributed by atoms with Crippen LogP contribution in [-0.2, 0) is 26.2 Å². The van der Waals surface area contributed by atoms with Gasteiger partial charge in [-0.05, 0) is 68.1 Å². The maximum Gasteiger partial charge on any atom is 0.264 e. The summed E-state index contributed by atoms with van der Waals surface area (Å²) in [5, 5.41) is 3.35. The van der Waals surface area contributed by atoms with Gasteiger partial charge in [0.05, 0.1) is 22.7 Å². The Bertz CT molecular complexity index is 1510. The molecule has 1 aliphatic rings. The Balaban J connectivity index is 1.72. The number of amides is 2. The van der Waals surface area contributed by atoms with E-state index in [1.807, 2.05) is 26.0 Å². The minimum absolute atomic E-state index is 0.0345. The number of carbonyl (C=O) groups is 2. The van der Waals surface area contributed by atoms with Crippen molar-refractivity contribution >= 4 is 39.1 Å². The molecule has 0 aliphatic heterocycles. The number of rotatable bonds is 12. The van der Waals surface area contributed by atoms with Gasteiger partial charge in [-0.15, -0.1) is 0 Å². The quantitative estimate of drug-likeness (QED) is 0.262. The zero-order valence-corrected chi connectivity index (χ0v) is 26.5. The Morgan fingerprint density at radius 1 is 1.00 bits per heavy atom. The molecule has 3 aromatic rings. The van der Waals surface area contributed by atoms with E-state index in [-0.39, 0.29) is 34.1 Å². The van der Waals surface area contributed by atoms with E-state index in [0.29, 0.717) is 12.2 Å². The summed E-state index contributed by atoms with van der Waals surface area (Å²) in [5.74, 6) is -0.148. The molecule has 2 amide bonds. The Morgan fingerprint density at radius 3 is 2.35 bits per heavy atom. The van der Waals surface area contributed by atoms with Gasteiger partial charge >= 0.3 is 0 Å². The Labute approximate surface area is 260 Å². The summed E-state index contributed by atoms with van der Waals surface area (Å²) in [7, 11) is -2.64. The topological polar surface area (TPSA) is 96.0 Å². The summed E-state index contributed by atoms with van der Waals surface area (Å²) in [6.45, 7) is 3.27. The van der Waals surface area contributed by atoms with E-state index >= 15 is 0 Å². The molecule has 0 saturated heterocycles. The molecule has 1 fully saturated rings. The van der Waals surface area contributed by atoms with Crippen LogP contribution >= 0.6 is 11.6 Å². The van der Waals surface area contributed by atoms with Gasteiger partial charge in [0.2, 0.25) is 11.8 Å². The first kappa shape index (κ1) is 32.4. The normalized spacial score (nSPS) is 14.5. The fourth-order valence-electron chi connectivity index (χ4n) is 5.44. The van der Waals surface area contributed by atoms with E-state index in [0.717, 1.165) is 47.5 Å². The molecule has 8 nitrogen and oxygen atoms in total. The van der Waals surface area contributed by atoms with Gasteiger partial charge in [0, 0.05) is 12.6 Å². The number of sulfonamides is 1. The Hall–Kier alpha value is -3.56. The predicted octanol–water partition coefficient (Wildman–Crippen LogP) is 6.11. The second-order valence-electron chi connectivity index (χ2n) is 10.9. The third-order valence-electron chi connectivity index (χ3n) is 7.83. The molecule has 3 aromatic carbocycles. The smallest absolute Gasteiger partial charge is 0.264 e. The lowest BCUT2D eigenvalue weighted by Crippen LogP contribution is -2.54. The van der Waals surface area contributed by atoms with Crippen LogP contribution in [0.15, 0.2) is 77.7 Å². The van der Waals surface area contributed by atoms with Crippen molar-refractivity contribution < 1.29 is 22.7 Å². The van der Waals surface area contributed by atoms with Crippen LogP contribution in [0.3, 0.4) is 0 Å². The van der Waals surface area contributed by atoms with E-state index in [9.17, 15) is 18.0 Å². The molecule has 230 valence electrons. The van der Waals surface area contributed by atoms with Crippen molar-refractivity contribution in [3.05, 3.63) is 88.9 Å². The van der Waals surface area contributed by atoms with Crippen LogP contribution in [0.25, 0.3) is 0 Å². The zero-order chi connectivity index (χ0) is 31.0. The van der Waals surface area contributed by atoms with Gasteiger partial charge in [0.15, 0.2) is 0 Å². The number of hydrogen-bond donors (Lipinski definition) is 1. The molecule has 0 unspecified atom stereocenters. The molecule has 0 aromatic heterocycles. The molecule has 43 heavy (non-hydrogen) atoms. The predicted molar refractivity (Wildman–Crippen MR) is 170 cm³/mol. The Morgan fingerprint density at radius 2 is 1.70 bits per heavy atom. The highest BCUT2D eigenvalue weighted by atomic mass is 35.5. The van der Waals surface area contributed by atoms with Crippen LogP contribution in [0.4, 0.5) is 5.69 Å². The van der Waals surface area contributed by atoms with Gasteiger partial charge in [0.25, 0.3) is 10.0 Å². The second-order valence-corrected chi connectivity index (χ2v) is 13.2. The van der Waals surface area contributed by atoms with Crippen LogP contribution in [0.2, 0.25) is 5.02 Å². The number of nitrogens with zero attached hydrogens (tertiary/aromatic N) is 2. The summed E-state index contributed by atoms with van der Waals surface area (Å²) >= 11 is 6.50. The molecule has 1 saturated carbocycles. The van der Waals surface area contributed by atoms with Crippen LogP contribution in [-0.4, -0.2) is 50.9 Å². The molecule has 1 aliphatic carbocycles. The number of methoxy groups -OCH3 is 1. The van der Waals surface area contributed by atoms with Crippen LogP contribution in [0.1, 0.15) is 56.6 Å². The number of nitrogens with one attached hydrogen (secondary N) is 1. The summed E-state index contributed by atoms with van der Waals surface area (Å²) in [5.41, 5.74) is 1.83. The van der Waals surface area contributed by atoms with Crippen molar-refractivity contribution in [1.29, 1.82) is 0 Å². The largest absolute Gasteiger partial charge is 0.497 e. The molecule has 0 radical (unpaired) electrons. The molecule has 1 atom stereocenters. The van der Waals surface area contributed by atoms with Gasteiger partial charge in [0.1, 0.15) is 18.3 Å². The second kappa shape index (κ2) is 14.8. The number of halogens is 1. The van der Waals surface area contributed by atoms with Gasteiger partial charge < -0.3 is 15.0 Å². The van der Waals surface area contributed by atoms with Crippen molar-refractivity contribution in [1.82, 2.24) is 10.2 Å². The lowest BCUT2D eigenvalue weighted by molar-refractivity contribution is -0.140. The third-order valence-corrected chi connectivity index (χ3v) is 9.93. The van der Waals surface area contributed by atoms with Crippen molar-refractivity contribution in [2.24, 2.45) is 0 Å². The van der Waals surface area contributed by atoms with Gasteiger partial charge in [-0.3, -0.25) is 13.9 Å². The van der Waals surface area contributed by atoms with Crippen molar-refractivity contribution in [3.8, 4) is 5.75 Å². The van der Waals surface area contributed by atoms with E-state index < -0.39 is 28.5 Å². The summed E-state index contributed by atoms with van der Waals surface area (Å²) in [6.07, 6.45) is 5.42. The van der Waals surface area contributed by atoms with E-state index in [4.69, 9.17) is 16.3 Å². The fraction of sp³-hybridized carbons (Fsp3) is 0.394. The number of carbonyl (C=O) groups excluding carboxylic acids is 2. The van der Waals surface area contributed by atoms with Gasteiger partial charge in [-0.2, -0.15) is 0 Å². The summed E-state index contributed by atoms with van der Waals surface area (Å²) < 4.78 is 34.5. The molecule has 0 spiro atoms. The first-order valence-electron chi connectivity index (χ1n) is 14.7. The number of ether oxygens (including phenoxy) is 1. The molecule has 0 heterocycles. The average molecular weight is 626 g/mol. The number of hydrogen-bond acceptors (Lipinski definition) is 5. The lowest BCUT2D eigenvalue weighted by Gasteiger charge is -2.34. The van der Waals surface area contributed by atoms with E-state index in [1.165, 1.54) is 17.0 Å². The van der Waals surface area contributed by atoms with Crippen LogP contribution in [0.5, 0.6) is 5.75 Å². The molecule has 1 N–H and O–H groups in total. The molecule has 0 bridgehead atoms. The first-order chi connectivity index (χ1) is 20.6. The van der Waals surface area contributed by atoms with E-state index in [1.54, 1.807) is 55.6 Å². The maximum absolute atomic E-state index is 14.3. The van der Waals surface area contributed by atoms with E-state index in [2.05, 4.69) is 5.32 Å². The van der Waals surface area contributed by atoms with Gasteiger partial charge in [-0.1, -0.05) is 79.7 Å². The molecular weight excluding hydrogens is 586 g/mol. The molecular formula is C33H40ClN3O5S. The minimum Gasteiger partial charge on any atom is -0.497 e. The monoisotopic (exact) mass is 625 g/mol. The lowest BCUT2D eigenvalue weighted by atomic mass is 9.95. The number of aryl methyl sites for hydroxylation is 1. The molecule has 10 heteroatoms. The third kappa shape index (κ3) is 8.09. The standard InChI is InChI=1S/C33H40ClN3O5S/c1-4-30(33(39)35-26-12-6-5-7-13-26)36(22-25-11-10-14-27(21-25)42-3)32(38)23-37(31-16-9-8-15-29(31)34)43(40,41)28-19-17-24(2)18-20-28/h8-11,14-21,26,30H,4-7,12-13,22-23H2,1-3H3,(H,35,39)/t30-/m1/s1. The highest BCUT2D eigenvalue weighted by Crippen LogP contribution is 2.31. The van der Waals surface area contributed by atoms with Crippen molar-refractivity contribution in [2.45, 2.75) is 75.9 Å². The van der Waals surface area contributed by atoms with Crippen molar-refractivity contribution in [3.63, 3.8) is 0 Å². The Kier molecular flexibility index (Phi) is 11.1. The fourth-order valence-corrected chi connectivity index (χ4v) is 7.16. The van der Waals surface area contributed by atoms with Gasteiger partial charge in [-0.25, -0.2) is 8.42 Å². The minimum atomic E-state index is -4.20. The summed E-state index contributed by atoms with van der Waals surface area (Å²) in [4.78, 5) is 29.5. The van der Waals surface area contributed by atoms with Crippen LogP contribution < -0.4 is 14.4 Å². The SMILES string of the molecule is CC[C@H](C(=O)NC1CCCCC1)N(Cc1cccc(OC)c1)C(=O)CN(c1ccccc1Cl)S(=O)(=O)c1ccc(C)cc1. The highest BCUT2D eigenvalue weighted by molar-refractivity contribution is 7.92. The van der Waals surface area contributed by atoms with Crippen molar-refractivity contribution in [2.75, 3.05) is 18.0 Å². The first-order valence-corrected chi connectivity index (χ1v) is 16.5. The maximum atomic E-state index is 14.3. The number of para-hydroxylation sites is 1. The summed E-state index contributed by atoms with van der Waals surface area (Å²) in [6, 6.07) is 19.5.